The maximum atomic E-state index is 13.3. The van der Waals surface area contributed by atoms with Crippen LogP contribution >= 0.6 is 0 Å². The Hall–Kier alpha value is -3.43. The van der Waals surface area contributed by atoms with Crippen LogP contribution in [0.1, 0.15) is 12.5 Å². The molecule has 31 heavy (non-hydrogen) atoms. The molecule has 1 heterocycles. The first-order chi connectivity index (χ1) is 14.8. The highest BCUT2D eigenvalue weighted by Gasteiger charge is 2.21. The minimum atomic E-state index is -3.95. The zero-order valence-electron chi connectivity index (χ0n) is 17.4. The van der Waals surface area contributed by atoms with Gasteiger partial charge in [-0.3, -0.25) is 9.78 Å². The second-order valence-electron chi connectivity index (χ2n) is 6.64. The predicted octanol–water partition coefficient (Wildman–Crippen LogP) is 3.20. The zero-order valence-corrected chi connectivity index (χ0v) is 18.2. The molecule has 0 aliphatic carbocycles. The van der Waals surface area contributed by atoms with Crippen molar-refractivity contribution in [2.24, 2.45) is 0 Å². The van der Waals surface area contributed by atoms with Gasteiger partial charge in [-0.05, 0) is 24.3 Å². The van der Waals surface area contributed by atoms with Crippen molar-refractivity contribution in [3.05, 3.63) is 66.5 Å². The number of carbonyl (C=O) groups excluding carboxylic acids is 1. The highest BCUT2D eigenvalue weighted by atomic mass is 32.2. The lowest BCUT2D eigenvalue weighted by molar-refractivity contribution is -0.114. The summed E-state index contributed by atoms with van der Waals surface area (Å²) in [5, 5.41) is 2.62. The number of ether oxygens (including phenoxy) is 2. The second kappa shape index (κ2) is 9.59. The third-order valence-electron chi connectivity index (χ3n) is 4.51. The third kappa shape index (κ3) is 5.39. The molecule has 0 bridgehead atoms. The molecular weight excluding hydrogens is 418 g/mol. The number of hydrogen-bond donors (Lipinski definition) is 2. The summed E-state index contributed by atoms with van der Waals surface area (Å²) in [6, 6.07) is 13.4. The summed E-state index contributed by atoms with van der Waals surface area (Å²) in [5.74, 6) is 0.806. The fraction of sp³-hybridized carbons (Fsp3) is 0.182. The van der Waals surface area contributed by atoms with Crippen LogP contribution in [0.25, 0.3) is 11.1 Å². The summed E-state index contributed by atoms with van der Waals surface area (Å²) in [6.07, 6.45) is 3.19. The maximum absolute atomic E-state index is 13.3. The predicted molar refractivity (Wildman–Crippen MR) is 118 cm³/mol. The van der Waals surface area contributed by atoms with E-state index in [1.165, 1.54) is 20.1 Å². The number of benzene rings is 2. The van der Waals surface area contributed by atoms with Gasteiger partial charge in [0, 0.05) is 54.3 Å². The number of methoxy groups -OCH3 is 2. The van der Waals surface area contributed by atoms with Gasteiger partial charge in [-0.25, -0.2) is 13.1 Å². The summed E-state index contributed by atoms with van der Waals surface area (Å²) in [5.41, 5.74) is 2.13. The van der Waals surface area contributed by atoms with Crippen LogP contribution in [-0.2, 0) is 21.4 Å². The van der Waals surface area contributed by atoms with Gasteiger partial charge < -0.3 is 14.8 Å². The van der Waals surface area contributed by atoms with Gasteiger partial charge in [0.1, 0.15) is 11.5 Å². The standard InChI is InChI=1S/C22H23N3O5S/c1-15(26)25-18-7-9-20(16-5-4-10-23-13-16)22(11-18)31(27,28)24-14-17-6-8-19(29-2)12-21(17)30-3/h4-13,24H,14H2,1-3H3,(H,25,26). The first kappa shape index (κ1) is 22.3. The van der Waals surface area contributed by atoms with E-state index in [4.69, 9.17) is 9.47 Å². The minimum absolute atomic E-state index is 0.00629. The van der Waals surface area contributed by atoms with E-state index in [0.29, 0.717) is 33.9 Å². The van der Waals surface area contributed by atoms with E-state index in [9.17, 15) is 13.2 Å². The molecule has 0 aliphatic heterocycles. The molecule has 0 unspecified atom stereocenters. The average Bonchev–Trinajstić information content (AvgIpc) is 2.77. The maximum Gasteiger partial charge on any atom is 0.241 e. The van der Waals surface area contributed by atoms with Crippen molar-refractivity contribution < 1.29 is 22.7 Å². The summed E-state index contributed by atoms with van der Waals surface area (Å²) >= 11 is 0. The Morgan fingerprint density at radius 3 is 2.52 bits per heavy atom. The molecule has 9 heteroatoms. The Morgan fingerprint density at radius 2 is 1.87 bits per heavy atom. The minimum Gasteiger partial charge on any atom is -0.497 e. The fourth-order valence-corrected chi connectivity index (χ4v) is 4.29. The van der Waals surface area contributed by atoms with Gasteiger partial charge in [0.05, 0.1) is 19.1 Å². The van der Waals surface area contributed by atoms with Crippen LogP contribution in [0.4, 0.5) is 5.69 Å². The van der Waals surface area contributed by atoms with Gasteiger partial charge in [-0.15, -0.1) is 0 Å². The van der Waals surface area contributed by atoms with Gasteiger partial charge >= 0.3 is 0 Å². The monoisotopic (exact) mass is 441 g/mol. The highest BCUT2D eigenvalue weighted by molar-refractivity contribution is 7.89. The molecule has 162 valence electrons. The fourth-order valence-electron chi connectivity index (χ4n) is 3.03. The molecule has 0 aliphatic rings. The smallest absolute Gasteiger partial charge is 0.241 e. The van der Waals surface area contributed by atoms with Crippen molar-refractivity contribution in [2.75, 3.05) is 19.5 Å². The second-order valence-corrected chi connectivity index (χ2v) is 8.37. The van der Waals surface area contributed by atoms with Gasteiger partial charge in [-0.1, -0.05) is 18.2 Å². The number of carbonyl (C=O) groups is 1. The zero-order chi connectivity index (χ0) is 22.4. The van der Waals surface area contributed by atoms with Crippen molar-refractivity contribution >= 4 is 21.6 Å². The number of nitrogens with one attached hydrogen (secondary N) is 2. The quantitative estimate of drug-likeness (QED) is 0.556. The molecule has 0 fully saturated rings. The SMILES string of the molecule is COc1ccc(CNS(=O)(=O)c2cc(NC(C)=O)ccc2-c2cccnc2)c(OC)c1. The Labute approximate surface area is 181 Å². The van der Waals surface area contributed by atoms with Gasteiger partial charge in [0.2, 0.25) is 15.9 Å². The Balaban J connectivity index is 1.98. The molecular formula is C22H23N3O5S. The lowest BCUT2D eigenvalue weighted by Gasteiger charge is -2.15. The molecule has 1 aromatic heterocycles. The number of pyridine rings is 1. The van der Waals surface area contributed by atoms with Crippen molar-refractivity contribution in [1.29, 1.82) is 0 Å². The van der Waals surface area contributed by atoms with Gasteiger partial charge in [0.25, 0.3) is 0 Å². The van der Waals surface area contributed by atoms with Crippen LogP contribution in [-0.4, -0.2) is 33.5 Å². The summed E-state index contributed by atoms with van der Waals surface area (Å²) < 4.78 is 39.6. The number of sulfonamides is 1. The Kier molecular flexibility index (Phi) is 6.88. The number of anilines is 1. The number of rotatable bonds is 8. The normalized spacial score (nSPS) is 11.1. The molecule has 2 aromatic carbocycles. The van der Waals surface area contributed by atoms with Crippen molar-refractivity contribution in [2.45, 2.75) is 18.4 Å². The Morgan fingerprint density at radius 1 is 1.06 bits per heavy atom. The van der Waals surface area contributed by atoms with Crippen LogP contribution in [0.5, 0.6) is 11.5 Å². The van der Waals surface area contributed by atoms with E-state index in [1.807, 2.05) is 0 Å². The van der Waals surface area contributed by atoms with Crippen LogP contribution in [0, 0.1) is 0 Å². The molecule has 0 spiro atoms. The lowest BCUT2D eigenvalue weighted by atomic mass is 10.1. The largest absolute Gasteiger partial charge is 0.497 e. The third-order valence-corrected chi connectivity index (χ3v) is 5.95. The van der Waals surface area contributed by atoms with Gasteiger partial charge in [-0.2, -0.15) is 0 Å². The molecule has 2 N–H and O–H groups in total. The van der Waals surface area contributed by atoms with Gasteiger partial charge in [0.15, 0.2) is 0 Å². The van der Waals surface area contributed by atoms with E-state index in [-0.39, 0.29) is 17.3 Å². The number of nitrogens with zero attached hydrogens (tertiary/aromatic N) is 1. The van der Waals surface area contributed by atoms with Crippen molar-refractivity contribution in [3.8, 4) is 22.6 Å². The molecule has 0 radical (unpaired) electrons. The van der Waals surface area contributed by atoms with Crippen LogP contribution in [0.15, 0.2) is 65.8 Å². The molecule has 0 saturated heterocycles. The summed E-state index contributed by atoms with van der Waals surface area (Å²) in [7, 11) is -0.907. The molecule has 3 aromatic rings. The molecule has 0 atom stereocenters. The molecule has 1 amide bonds. The van der Waals surface area contributed by atoms with Crippen LogP contribution in [0.2, 0.25) is 0 Å². The number of hydrogen-bond acceptors (Lipinski definition) is 6. The van der Waals surface area contributed by atoms with Crippen LogP contribution < -0.4 is 19.5 Å². The Bertz CT molecular complexity index is 1180. The first-order valence-corrected chi connectivity index (χ1v) is 10.8. The van der Waals surface area contributed by atoms with Crippen LogP contribution in [0.3, 0.4) is 0 Å². The van der Waals surface area contributed by atoms with E-state index >= 15 is 0 Å². The van der Waals surface area contributed by atoms with E-state index in [1.54, 1.807) is 62.0 Å². The van der Waals surface area contributed by atoms with E-state index < -0.39 is 10.0 Å². The van der Waals surface area contributed by atoms with E-state index in [2.05, 4.69) is 15.0 Å². The molecule has 0 saturated carbocycles. The van der Waals surface area contributed by atoms with Crippen molar-refractivity contribution in [3.63, 3.8) is 0 Å². The number of aromatic nitrogens is 1. The molecule has 8 nitrogen and oxygen atoms in total. The lowest BCUT2D eigenvalue weighted by Crippen LogP contribution is -2.24. The average molecular weight is 442 g/mol. The summed E-state index contributed by atoms with van der Waals surface area (Å²) in [6.45, 7) is 1.36. The topological polar surface area (TPSA) is 107 Å². The van der Waals surface area contributed by atoms with Crippen molar-refractivity contribution in [1.82, 2.24) is 9.71 Å². The highest BCUT2D eigenvalue weighted by Crippen LogP contribution is 2.30. The first-order valence-electron chi connectivity index (χ1n) is 9.36. The summed E-state index contributed by atoms with van der Waals surface area (Å²) in [4.78, 5) is 15.6. The van der Waals surface area contributed by atoms with E-state index in [0.717, 1.165) is 0 Å². The molecule has 3 rings (SSSR count). The number of amides is 1.